The normalized spacial score (nSPS) is 21.9. The van der Waals surface area contributed by atoms with E-state index in [1.807, 2.05) is 0 Å². The summed E-state index contributed by atoms with van der Waals surface area (Å²) in [5.74, 6) is -0.486. The molecule has 1 atom stereocenters. The van der Waals surface area contributed by atoms with Crippen molar-refractivity contribution >= 4 is 5.97 Å². The first kappa shape index (κ1) is 12.2. The fraction of sp³-hybridized carbons (Fsp3) is 0.750. The summed E-state index contributed by atoms with van der Waals surface area (Å²) in [4.78, 5) is 11.3. The molecule has 0 heterocycles. The van der Waals surface area contributed by atoms with Crippen LogP contribution in [0.5, 0.6) is 0 Å². The van der Waals surface area contributed by atoms with Gasteiger partial charge in [0.1, 0.15) is 5.54 Å². The molecule has 3 nitrogen and oxygen atoms in total. The van der Waals surface area contributed by atoms with Gasteiger partial charge in [0.2, 0.25) is 0 Å². The topological polar surface area (TPSA) is 49.3 Å². The number of aliphatic carboxylic acids is 1. The van der Waals surface area contributed by atoms with Crippen molar-refractivity contribution in [1.82, 2.24) is 5.32 Å². The van der Waals surface area contributed by atoms with E-state index in [0.29, 0.717) is 6.54 Å². The molecule has 3 heteroatoms. The number of nitrogens with one attached hydrogen (secondary N) is 1. The van der Waals surface area contributed by atoms with E-state index in [1.54, 1.807) is 13.0 Å². The van der Waals surface area contributed by atoms with Crippen LogP contribution in [0.25, 0.3) is 0 Å². The molecular weight excluding hydrogens is 190 g/mol. The summed E-state index contributed by atoms with van der Waals surface area (Å²) in [6, 6.07) is 0. The summed E-state index contributed by atoms with van der Waals surface area (Å²) in [7, 11) is 0. The van der Waals surface area contributed by atoms with Crippen LogP contribution in [0.4, 0.5) is 0 Å². The Bertz CT molecular complexity index is 234. The quantitative estimate of drug-likeness (QED) is 0.685. The minimum Gasteiger partial charge on any atom is -0.480 e. The molecule has 0 aromatic carbocycles. The first-order valence-electron chi connectivity index (χ1n) is 5.70. The second-order valence-corrected chi connectivity index (χ2v) is 4.51. The number of hydrogen-bond donors (Lipinski definition) is 2. The van der Waals surface area contributed by atoms with Crippen molar-refractivity contribution in [2.45, 2.75) is 44.6 Å². The lowest BCUT2D eigenvalue weighted by molar-refractivity contribution is -0.147. The highest BCUT2D eigenvalue weighted by Gasteiger charge is 2.40. The van der Waals surface area contributed by atoms with Gasteiger partial charge in [-0.1, -0.05) is 25.3 Å². The molecule has 0 amide bonds. The zero-order valence-electron chi connectivity index (χ0n) is 9.46. The third kappa shape index (κ3) is 2.81. The Balaban J connectivity index is 2.69. The summed E-state index contributed by atoms with van der Waals surface area (Å²) < 4.78 is 0. The molecule has 0 radical (unpaired) electrons. The molecule has 1 fully saturated rings. The van der Waals surface area contributed by atoms with E-state index < -0.39 is 11.5 Å². The zero-order valence-corrected chi connectivity index (χ0v) is 9.46. The minimum absolute atomic E-state index is 0.253. The van der Waals surface area contributed by atoms with Crippen molar-refractivity contribution in [3.05, 3.63) is 12.7 Å². The summed E-state index contributed by atoms with van der Waals surface area (Å²) in [6.45, 7) is 5.97. The van der Waals surface area contributed by atoms with Gasteiger partial charge >= 0.3 is 5.97 Å². The second kappa shape index (κ2) is 5.31. The Morgan fingerprint density at radius 2 is 2.13 bits per heavy atom. The van der Waals surface area contributed by atoms with Crippen LogP contribution in [0.15, 0.2) is 12.7 Å². The van der Waals surface area contributed by atoms with Crippen molar-refractivity contribution in [2.24, 2.45) is 5.92 Å². The van der Waals surface area contributed by atoms with Crippen LogP contribution in [-0.2, 0) is 4.79 Å². The van der Waals surface area contributed by atoms with Crippen LogP contribution in [0, 0.1) is 5.92 Å². The highest BCUT2D eigenvalue weighted by Crippen LogP contribution is 2.32. The van der Waals surface area contributed by atoms with E-state index in [9.17, 15) is 9.90 Å². The maximum Gasteiger partial charge on any atom is 0.323 e. The standard InChI is InChI=1S/C12H21NO2/c1-3-9-13-12(2,11(14)15)10-7-5-4-6-8-10/h3,10,13H,1,4-9H2,2H3,(H,14,15). The Morgan fingerprint density at radius 1 is 1.53 bits per heavy atom. The van der Waals surface area contributed by atoms with Crippen LogP contribution >= 0.6 is 0 Å². The fourth-order valence-electron chi connectivity index (χ4n) is 2.36. The zero-order chi connectivity index (χ0) is 11.3. The SMILES string of the molecule is C=CCNC(C)(C(=O)O)C1CCCCC1. The van der Waals surface area contributed by atoms with Gasteiger partial charge in [-0.15, -0.1) is 6.58 Å². The molecule has 2 N–H and O–H groups in total. The molecule has 0 spiro atoms. The third-order valence-corrected chi connectivity index (χ3v) is 3.48. The molecule has 0 saturated heterocycles. The summed E-state index contributed by atoms with van der Waals surface area (Å²) >= 11 is 0. The van der Waals surface area contributed by atoms with Gasteiger partial charge in [0.25, 0.3) is 0 Å². The maximum absolute atomic E-state index is 11.3. The average molecular weight is 211 g/mol. The monoisotopic (exact) mass is 211 g/mol. The second-order valence-electron chi connectivity index (χ2n) is 4.51. The molecule has 15 heavy (non-hydrogen) atoms. The summed E-state index contributed by atoms with van der Waals surface area (Å²) in [6.07, 6.45) is 7.31. The Morgan fingerprint density at radius 3 is 2.60 bits per heavy atom. The predicted molar refractivity (Wildman–Crippen MR) is 60.8 cm³/mol. The van der Waals surface area contributed by atoms with E-state index in [0.717, 1.165) is 25.7 Å². The number of rotatable bonds is 5. The van der Waals surface area contributed by atoms with Gasteiger partial charge in [0, 0.05) is 6.54 Å². The number of carboxylic acid groups (broad SMARTS) is 1. The van der Waals surface area contributed by atoms with Crippen molar-refractivity contribution in [1.29, 1.82) is 0 Å². The van der Waals surface area contributed by atoms with E-state index in [2.05, 4.69) is 11.9 Å². The lowest BCUT2D eigenvalue weighted by Crippen LogP contribution is -2.55. The molecule has 0 aromatic rings. The van der Waals surface area contributed by atoms with E-state index in [4.69, 9.17) is 0 Å². The summed E-state index contributed by atoms with van der Waals surface area (Å²) in [5, 5.41) is 12.4. The third-order valence-electron chi connectivity index (χ3n) is 3.48. The van der Waals surface area contributed by atoms with Crippen molar-refractivity contribution in [3.8, 4) is 0 Å². The van der Waals surface area contributed by atoms with Gasteiger partial charge in [0.05, 0.1) is 0 Å². The highest BCUT2D eigenvalue weighted by molar-refractivity contribution is 5.78. The molecule has 1 saturated carbocycles. The smallest absolute Gasteiger partial charge is 0.323 e. The van der Waals surface area contributed by atoms with Crippen LogP contribution in [0.1, 0.15) is 39.0 Å². The lowest BCUT2D eigenvalue weighted by atomic mass is 9.75. The molecule has 0 bridgehead atoms. The molecule has 0 aromatic heterocycles. The van der Waals surface area contributed by atoms with Crippen LogP contribution in [-0.4, -0.2) is 23.2 Å². The van der Waals surface area contributed by atoms with Crippen molar-refractivity contribution in [3.63, 3.8) is 0 Å². The molecule has 0 aliphatic heterocycles. The van der Waals surface area contributed by atoms with Crippen LogP contribution in [0.2, 0.25) is 0 Å². The van der Waals surface area contributed by atoms with Crippen molar-refractivity contribution in [2.75, 3.05) is 6.54 Å². The molecule has 86 valence electrons. The minimum atomic E-state index is -0.783. The lowest BCUT2D eigenvalue weighted by Gasteiger charge is -2.37. The number of carbonyl (C=O) groups is 1. The van der Waals surface area contributed by atoms with E-state index in [-0.39, 0.29) is 5.92 Å². The first-order chi connectivity index (χ1) is 7.11. The highest BCUT2D eigenvalue weighted by atomic mass is 16.4. The number of hydrogen-bond acceptors (Lipinski definition) is 2. The van der Waals surface area contributed by atoms with Gasteiger partial charge in [-0.3, -0.25) is 10.1 Å². The maximum atomic E-state index is 11.3. The summed E-state index contributed by atoms with van der Waals surface area (Å²) in [5.41, 5.74) is -0.783. The van der Waals surface area contributed by atoms with Gasteiger partial charge in [0.15, 0.2) is 0 Å². The van der Waals surface area contributed by atoms with Gasteiger partial charge < -0.3 is 5.11 Å². The molecule has 1 aliphatic carbocycles. The molecule has 1 unspecified atom stereocenters. The van der Waals surface area contributed by atoms with Gasteiger partial charge in [-0.05, 0) is 25.7 Å². The van der Waals surface area contributed by atoms with Crippen LogP contribution < -0.4 is 5.32 Å². The van der Waals surface area contributed by atoms with Gasteiger partial charge in [-0.2, -0.15) is 0 Å². The van der Waals surface area contributed by atoms with Gasteiger partial charge in [-0.25, -0.2) is 0 Å². The molecular formula is C12H21NO2. The number of carboxylic acids is 1. The molecule has 1 rings (SSSR count). The fourth-order valence-corrected chi connectivity index (χ4v) is 2.36. The van der Waals surface area contributed by atoms with Crippen LogP contribution in [0.3, 0.4) is 0 Å². The van der Waals surface area contributed by atoms with E-state index in [1.165, 1.54) is 6.42 Å². The largest absolute Gasteiger partial charge is 0.480 e. The Labute approximate surface area is 91.6 Å². The Hall–Kier alpha value is -0.830. The van der Waals surface area contributed by atoms with Crippen molar-refractivity contribution < 1.29 is 9.90 Å². The first-order valence-corrected chi connectivity index (χ1v) is 5.70. The Kier molecular flexibility index (Phi) is 4.33. The predicted octanol–water partition coefficient (Wildman–Crippen LogP) is 2.19. The van der Waals surface area contributed by atoms with E-state index >= 15 is 0 Å². The average Bonchev–Trinajstić information content (AvgIpc) is 2.27. The molecule has 1 aliphatic rings.